The van der Waals surface area contributed by atoms with Gasteiger partial charge in [0, 0.05) is 28.7 Å². The van der Waals surface area contributed by atoms with Gasteiger partial charge in [-0.2, -0.15) is 0 Å². The molecule has 5 saturated heterocycles. The van der Waals surface area contributed by atoms with E-state index in [4.69, 9.17) is 52.1 Å². The van der Waals surface area contributed by atoms with Crippen molar-refractivity contribution in [2.75, 3.05) is 13.2 Å². The van der Waals surface area contributed by atoms with Crippen molar-refractivity contribution in [2.45, 2.75) is 299 Å². The molecule has 5 saturated carbocycles. The summed E-state index contributed by atoms with van der Waals surface area (Å²) < 4.78 is 69.1. The Morgan fingerprint density at radius 1 is 0.582 bits per heavy atom. The average molecular weight is 1310 g/mol. The van der Waals surface area contributed by atoms with Gasteiger partial charge in [0.05, 0.1) is 42.5 Å². The third kappa shape index (κ3) is 11.1. The fraction of sp³-hybridized carbons (Fsp3) is 0.921. The van der Waals surface area contributed by atoms with Crippen LogP contribution in [0.1, 0.15) is 140 Å². The highest BCUT2D eigenvalue weighted by Crippen LogP contribution is 2.82. The second-order valence-electron chi connectivity index (χ2n) is 29.8. The first-order chi connectivity index (χ1) is 42.5. The van der Waals surface area contributed by atoms with Crippen molar-refractivity contribution in [1.82, 2.24) is 0 Å². The van der Waals surface area contributed by atoms with E-state index in [1.165, 1.54) is 6.92 Å². The van der Waals surface area contributed by atoms with Gasteiger partial charge < -0.3 is 124 Å². The molecule has 10 aliphatic rings. The normalized spacial score (nSPS) is 52.6. The van der Waals surface area contributed by atoms with Crippen molar-refractivity contribution in [3.05, 3.63) is 11.6 Å². The van der Waals surface area contributed by atoms with Crippen LogP contribution in [-0.4, -0.2) is 262 Å². The van der Waals surface area contributed by atoms with Gasteiger partial charge in [-0.25, -0.2) is 9.59 Å². The van der Waals surface area contributed by atoms with Crippen LogP contribution in [0.5, 0.6) is 0 Å². The van der Waals surface area contributed by atoms with Crippen molar-refractivity contribution in [1.29, 1.82) is 0 Å². The van der Waals surface area contributed by atoms with Crippen molar-refractivity contribution >= 4 is 17.9 Å². The third-order valence-electron chi connectivity index (χ3n) is 24.5. The molecule has 0 aromatic heterocycles. The Hall–Kier alpha value is -2.73. The molecular formula is C63H100O28. The highest BCUT2D eigenvalue weighted by molar-refractivity contribution is 5.87. The van der Waals surface area contributed by atoms with Crippen LogP contribution in [0.15, 0.2) is 11.6 Å². The zero-order valence-corrected chi connectivity index (χ0v) is 53.7. The SMILES string of the molecule is C/C=C(\C)C(=O)O[C@H]1[C@H](OC(=O)CCC)[C@]23C(O)O[C@@]4(CCC5[C@@]6(C)CC[C@H](O[C@@H]7O[C@H](C(=O)O)[C@@H](O)[C@H](O[C@@H]8O[C@H](CO)[C@H](O)[C@H](O)[C@H]8O[C@@H]8O[C@@H](C)[C@H](O)[C@@H](O)[C@H]8O)[C@H]7O[C@@H]7O[C@H](CO)[C@H](O)[C@H](O)[C@H]7O)C(C)(C)C6CC[C@@]5(C)[C@]4(C)C[C@H]2O)C3CC1(C)C. The van der Waals surface area contributed by atoms with Crippen LogP contribution in [0, 0.1) is 50.2 Å². The number of aliphatic carboxylic acids is 1. The summed E-state index contributed by atoms with van der Waals surface area (Å²) in [5, 5.41) is 157. The minimum absolute atomic E-state index is 0.0523. The van der Waals surface area contributed by atoms with E-state index in [1.54, 1.807) is 19.9 Å². The lowest BCUT2D eigenvalue weighted by Crippen LogP contribution is -2.77. The Morgan fingerprint density at radius 2 is 1.15 bits per heavy atom. The van der Waals surface area contributed by atoms with Gasteiger partial charge >= 0.3 is 17.9 Å². The lowest BCUT2D eigenvalue weighted by molar-refractivity contribution is -0.406. The zero-order chi connectivity index (χ0) is 66.9. The maximum Gasteiger partial charge on any atom is 0.335 e. The number of carbonyl (C=O) groups is 3. The fourth-order valence-electron chi connectivity index (χ4n) is 19.3. The van der Waals surface area contributed by atoms with Gasteiger partial charge in [0.25, 0.3) is 0 Å². The molecule has 5 aliphatic carbocycles. The van der Waals surface area contributed by atoms with E-state index in [0.29, 0.717) is 50.5 Å². The smallest absolute Gasteiger partial charge is 0.335 e. The lowest BCUT2D eigenvalue weighted by atomic mass is 9.30. The maximum atomic E-state index is 13.7. The van der Waals surface area contributed by atoms with Crippen LogP contribution in [-0.2, 0) is 66.5 Å². The Morgan fingerprint density at radius 3 is 1.77 bits per heavy atom. The number of allylic oxidation sites excluding steroid dienone is 1. The third-order valence-corrected chi connectivity index (χ3v) is 24.5. The molecule has 33 atom stereocenters. The van der Waals surface area contributed by atoms with Gasteiger partial charge in [-0.05, 0) is 107 Å². The number of fused-ring (bicyclic) bond motifs is 4. The lowest BCUT2D eigenvalue weighted by Gasteiger charge is -2.75. The molecule has 5 heterocycles. The second kappa shape index (κ2) is 25.6. The molecule has 14 N–H and O–H groups in total. The molecular weight excluding hydrogens is 1200 g/mol. The van der Waals surface area contributed by atoms with Crippen molar-refractivity contribution < 1.29 is 138 Å². The standard InChI is InChI=1S/C63H100O28/c1-12-14-34(67)85-49-48(90-51(79)25(3)13-2)57(5,6)21-31-62-20-16-30-59(9)18-17-33(58(7,8)29(59)15-19-60(30,10)61(62,11)22-32(66)63(31,49)56(80)91-62)84-55-47(89-53-42(75)39(72)36(69)27(23-64)82-53)44(43(76)45(87-55)50(77)78)86-54-46(40(73)37(70)28(24-65)83-54)88-52-41(74)38(71)35(68)26(4)81-52/h13,26-33,35-49,52-56,64-66,68-76,80H,12,14-24H2,1-11H3,(H,77,78)/b25-13+/t26-,27+,28+,29?,30?,31?,32+,33-,35-,36-,37-,38+,39-,40-,41+,42+,43-,44-,45-,46+,47+,48-,49-,52-,53-,54-,55+,56?,59-,60+,61-,62-,63+/m0/s1. The number of ether oxygens (including phenoxy) is 11. The van der Waals surface area contributed by atoms with Crippen molar-refractivity contribution in [2.24, 2.45) is 50.2 Å². The average Bonchev–Trinajstić information content (AvgIpc) is 1.56. The molecule has 1 spiro atoms. The van der Waals surface area contributed by atoms with E-state index in [0.717, 1.165) is 0 Å². The highest BCUT2D eigenvalue weighted by Gasteiger charge is 2.86. The number of hydrogen-bond donors (Lipinski definition) is 14. The Kier molecular flexibility index (Phi) is 20.0. The van der Waals surface area contributed by atoms with E-state index in [9.17, 15) is 85.9 Å². The molecule has 28 nitrogen and oxygen atoms in total. The van der Waals surface area contributed by atoms with Gasteiger partial charge in [-0.3, -0.25) is 4.79 Å². The summed E-state index contributed by atoms with van der Waals surface area (Å²) in [6, 6.07) is 0. The number of carbonyl (C=O) groups excluding carboxylic acids is 2. The predicted octanol–water partition coefficient (Wildman–Crippen LogP) is -1.10. The first-order valence-electron chi connectivity index (χ1n) is 32.4. The first kappa shape index (κ1) is 71.1. The summed E-state index contributed by atoms with van der Waals surface area (Å²) in [5.41, 5.74) is -5.89. The summed E-state index contributed by atoms with van der Waals surface area (Å²) in [5.74, 6) is -3.69. The van der Waals surface area contributed by atoms with E-state index >= 15 is 0 Å². The number of carboxylic acid groups (broad SMARTS) is 1. The summed E-state index contributed by atoms with van der Waals surface area (Å²) in [6.07, 6.45) is -38.6. The maximum absolute atomic E-state index is 13.7. The van der Waals surface area contributed by atoms with E-state index in [1.807, 2.05) is 34.6 Å². The monoisotopic (exact) mass is 1300 g/mol. The van der Waals surface area contributed by atoms with Gasteiger partial charge in [0.15, 0.2) is 43.7 Å². The summed E-state index contributed by atoms with van der Waals surface area (Å²) in [6.45, 7) is 19.3. The highest BCUT2D eigenvalue weighted by atomic mass is 16.8. The molecule has 28 heteroatoms. The molecule has 4 unspecified atom stereocenters. The van der Waals surface area contributed by atoms with Gasteiger partial charge in [0.1, 0.15) is 91.6 Å². The predicted molar refractivity (Wildman–Crippen MR) is 307 cm³/mol. The summed E-state index contributed by atoms with van der Waals surface area (Å²) in [7, 11) is 0. The van der Waals surface area contributed by atoms with Gasteiger partial charge in [0.2, 0.25) is 0 Å². The number of aliphatic hydroxyl groups is 13. The van der Waals surface area contributed by atoms with E-state index in [-0.39, 0.29) is 31.1 Å². The van der Waals surface area contributed by atoms with E-state index in [2.05, 4.69) is 20.8 Å². The quantitative estimate of drug-likeness (QED) is 0.0495. The van der Waals surface area contributed by atoms with Gasteiger partial charge in [-0.1, -0.05) is 61.5 Å². The first-order valence-corrected chi connectivity index (χ1v) is 32.4. The number of rotatable bonds is 16. The van der Waals surface area contributed by atoms with Crippen LogP contribution in [0.4, 0.5) is 0 Å². The molecule has 0 radical (unpaired) electrons. The molecule has 2 bridgehead atoms. The van der Waals surface area contributed by atoms with Crippen LogP contribution < -0.4 is 0 Å². The minimum Gasteiger partial charge on any atom is -0.479 e. The number of hydrogen-bond acceptors (Lipinski definition) is 27. The number of aliphatic hydroxyl groups excluding tert-OH is 13. The fourth-order valence-corrected chi connectivity index (χ4v) is 19.3. The van der Waals surface area contributed by atoms with Crippen LogP contribution in [0.2, 0.25) is 0 Å². The Balaban J connectivity index is 0.973. The molecule has 10 fully saturated rings. The minimum atomic E-state index is -2.29. The zero-order valence-electron chi connectivity index (χ0n) is 53.7. The van der Waals surface area contributed by atoms with E-state index < -0.39 is 229 Å². The summed E-state index contributed by atoms with van der Waals surface area (Å²) in [4.78, 5) is 40.7. The van der Waals surface area contributed by atoms with Gasteiger partial charge in [-0.15, -0.1) is 0 Å². The summed E-state index contributed by atoms with van der Waals surface area (Å²) >= 11 is 0. The van der Waals surface area contributed by atoms with Crippen molar-refractivity contribution in [3.63, 3.8) is 0 Å². The van der Waals surface area contributed by atoms with Crippen LogP contribution in [0.3, 0.4) is 0 Å². The van der Waals surface area contributed by atoms with Crippen LogP contribution in [0.25, 0.3) is 0 Å². The number of carboxylic acids is 1. The number of esters is 2. The molecule has 0 aromatic rings. The Labute approximate surface area is 528 Å². The topological polar surface area (TPSA) is 436 Å². The molecule has 0 aromatic carbocycles. The molecule has 520 valence electrons. The Bertz CT molecular complexity index is 2660. The molecule has 91 heavy (non-hydrogen) atoms. The van der Waals surface area contributed by atoms with Crippen molar-refractivity contribution in [3.8, 4) is 0 Å². The van der Waals surface area contributed by atoms with Crippen LogP contribution >= 0.6 is 0 Å². The molecule has 0 amide bonds. The molecule has 5 aliphatic heterocycles. The second-order valence-corrected chi connectivity index (χ2v) is 29.8. The molecule has 10 rings (SSSR count). The largest absolute Gasteiger partial charge is 0.479 e.